The molecule has 0 fully saturated rings. The molecule has 1 aromatic rings. The number of carbonyl (C=O) groups is 2. The molecule has 0 aliphatic carbocycles. The van der Waals surface area contributed by atoms with Gasteiger partial charge in [0.1, 0.15) is 0 Å². The first-order valence-corrected chi connectivity index (χ1v) is 6.95. The molecule has 0 saturated carbocycles. The molecule has 0 unspecified atom stereocenters. The van der Waals surface area contributed by atoms with Gasteiger partial charge in [-0.3, -0.25) is 19.7 Å². The molecule has 1 atom stereocenters. The van der Waals surface area contributed by atoms with E-state index >= 15 is 0 Å². The van der Waals surface area contributed by atoms with Crippen molar-refractivity contribution in [2.45, 2.75) is 19.8 Å². The van der Waals surface area contributed by atoms with E-state index in [1.165, 1.54) is 20.9 Å². The van der Waals surface area contributed by atoms with Crippen molar-refractivity contribution < 1.29 is 28.4 Å². The standard InChI is InChI=1S/C13H18FN3O6/c1-4-22-12(18)10(13(19)23-5-2)9(7-17(20)21)8-6-15-16(3)11(8)14/h6,9-10H,4-5,7H2,1-3H3/t9-/m1/s1. The van der Waals surface area contributed by atoms with Gasteiger partial charge in [0.25, 0.3) is 0 Å². The number of hydrogen-bond donors (Lipinski definition) is 0. The van der Waals surface area contributed by atoms with Crippen LogP contribution < -0.4 is 0 Å². The number of hydrogen-bond acceptors (Lipinski definition) is 7. The van der Waals surface area contributed by atoms with Crippen LogP contribution in [-0.4, -0.2) is 46.4 Å². The zero-order valence-corrected chi connectivity index (χ0v) is 13.0. The van der Waals surface area contributed by atoms with E-state index < -0.39 is 41.2 Å². The average Bonchev–Trinajstić information content (AvgIpc) is 2.78. The van der Waals surface area contributed by atoms with Crippen molar-refractivity contribution in [3.05, 3.63) is 27.8 Å². The number of nitro groups is 1. The van der Waals surface area contributed by atoms with E-state index in [9.17, 15) is 24.1 Å². The highest BCUT2D eigenvalue weighted by Gasteiger charge is 2.43. The second-order valence-electron chi connectivity index (χ2n) is 4.62. The Morgan fingerprint density at radius 1 is 1.35 bits per heavy atom. The van der Waals surface area contributed by atoms with Gasteiger partial charge in [-0.2, -0.15) is 9.49 Å². The molecule has 0 radical (unpaired) electrons. The molecule has 0 spiro atoms. The number of carbonyl (C=O) groups excluding carboxylic acids is 2. The fourth-order valence-electron chi connectivity index (χ4n) is 2.12. The maximum atomic E-state index is 14.1. The highest BCUT2D eigenvalue weighted by Crippen LogP contribution is 2.29. The highest BCUT2D eigenvalue weighted by molar-refractivity contribution is 5.96. The van der Waals surface area contributed by atoms with E-state index in [-0.39, 0.29) is 18.8 Å². The fraction of sp³-hybridized carbons (Fsp3) is 0.615. The minimum absolute atomic E-state index is 0.0323. The maximum absolute atomic E-state index is 14.1. The number of nitrogens with zero attached hydrogens (tertiary/aromatic N) is 3. The Labute approximate surface area is 131 Å². The normalized spacial score (nSPS) is 12.0. The number of esters is 2. The summed E-state index contributed by atoms with van der Waals surface area (Å²) in [6.45, 7) is 2.14. The first kappa shape index (κ1) is 18.5. The van der Waals surface area contributed by atoms with Gasteiger partial charge < -0.3 is 9.47 Å². The van der Waals surface area contributed by atoms with E-state index in [1.807, 2.05) is 0 Å². The molecule has 0 amide bonds. The Kier molecular flexibility index (Phi) is 6.61. The van der Waals surface area contributed by atoms with Gasteiger partial charge in [-0.25, -0.2) is 4.68 Å². The van der Waals surface area contributed by atoms with Crippen LogP contribution in [-0.2, 0) is 26.1 Å². The third-order valence-electron chi connectivity index (χ3n) is 3.12. The molecule has 1 rings (SSSR count). The van der Waals surface area contributed by atoms with Crippen LogP contribution in [0.5, 0.6) is 0 Å². The van der Waals surface area contributed by atoms with Gasteiger partial charge in [0, 0.05) is 17.5 Å². The molecule has 9 nitrogen and oxygen atoms in total. The second-order valence-corrected chi connectivity index (χ2v) is 4.62. The topological polar surface area (TPSA) is 114 Å². The number of ether oxygens (including phenoxy) is 2. The van der Waals surface area contributed by atoms with Gasteiger partial charge in [0.2, 0.25) is 12.5 Å². The third-order valence-corrected chi connectivity index (χ3v) is 3.12. The molecule has 0 saturated heterocycles. The minimum atomic E-state index is -1.64. The van der Waals surface area contributed by atoms with E-state index in [4.69, 9.17) is 9.47 Å². The molecule has 10 heteroatoms. The SMILES string of the molecule is CCOC(=O)C(C(=O)OCC)[C@H](C[N+](=O)[O-])c1cnn(C)c1F. The lowest BCUT2D eigenvalue weighted by atomic mass is 9.87. The summed E-state index contributed by atoms with van der Waals surface area (Å²) in [7, 11) is 1.30. The zero-order chi connectivity index (χ0) is 17.6. The van der Waals surface area contributed by atoms with Crippen LogP contribution in [0.2, 0.25) is 0 Å². The molecule has 0 N–H and O–H groups in total. The molecular formula is C13H18FN3O6. The van der Waals surface area contributed by atoms with E-state index in [0.29, 0.717) is 0 Å². The summed E-state index contributed by atoms with van der Waals surface area (Å²) in [5.41, 5.74) is -0.213. The van der Waals surface area contributed by atoms with Crippen LogP contribution >= 0.6 is 0 Å². The van der Waals surface area contributed by atoms with Crippen LogP contribution in [0.15, 0.2) is 6.20 Å². The predicted molar refractivity (Wildman–Crippen MR) is 74.5 cm³/mol. The lowest BCUT2D eigenvalue weighted by molar-refractivity contribution is -0.484. The summed E-state index contributed by atoms with van der Waals surface area (Å²) in [4.78, 5) is 34.3. The summed E-state index contributed by atoms with van der Waals surface area (Å²) in [5, 5.41) is 14.6. The lowest BCUT2D eigenvalue weighted by Gasteiger charge is -2.20. The summed E-state index contributed by atoms with van der Waals surface area (Å²) in [6.07, 6.45) is 1.05. The van der Waals surface area contributed by atoms with Gasteiger partial charge in [-0.1, -0.05) is 0 Å². The predicted octanol–water partition coefficient (Wildman–Crippen LogP) is 0.662. The van der Waals surface area contributed by atoms with Crippen molar-refractivity contribution in [1.29, 1.82) is 0 Å². The van der Waals surface area contributed by atoms with Gasteiger partial charge in [0.15, 0.2) is 5.92 Å². The molecule has 1 aromatic heterocycles. The van der Waals surface area contributed by atoms with Crippen molar-refractivity contribution in [3.8, 4) is 0 Å². The van der Waals surface area contributed by atoms with Crippen molar-refractivity contribution in [3.63, 3.8) is 0 Å². The summed E-state index contributed by atoms with van der Waals surface area (Å²) >= 11 is 0. The van der Waals surface area contributed by atoms with E-state index in [0.717, 1.165) is 10.9 Å². The monoisotopic (exact) mass is 331 g/mol. The van der Waals surface area contributed by atoms with Crippen LogP contribution in [0.25, 0.3) is 0 Å². The highest BCUT2D eigenvalue weighted by atomic mass is 19.1. The molecule has 1 heterocycles. The molecule has 128 valence electrons. The number of aryl methyl sites for hydroxylation is 1. The van der Waals surface area contributed by atoms with Gasteiger partial charge in [-0.05, 0) is 13.8 Å². The van der Waals surface area contributed by atoms with E-state index in [1.54, 1.807) is 0 Å². The maximum Gasteiger partial charge on any atom is 0.321 e. The van der Waals surface area contributed by atoms with Crippen LogP contribution in [0.3, 0.4) is 0 Å². The van der Waals surface area contributed by atoms with Gasteiger partial charge in [0.05, 0.1) is 25.3 Å². The Bertz CT molecular complexity index is 570. The van der Waals surface area contributed by atoms with Gasteiger partial charge in [-0.15, -0.1) is 0 Å². The molecule has 0 aromatic carbocycles. The Balaban J connectivity index is 3.31. The van der Waals surface area contributed by atoms with Crippen LogP contribution in [0, 0.1) is 22.0 Å². The largest absolute Gasteiger partial charge is 0.465 e. The number of halogens is 1. The molecule has 0 bridgehead atoms. The summed E-state index contributed by atoms with van der Waals surface area (Å²) < 4.78 is 24.5. The molecule has 23 heavy (non-hydrogen) atoms. The van der Waals surface area contributed by atoms with Crippen LogP contribution in [0.4, 0.5) is 4.39 Å². The second kappa shape index (κ2) is 8.20. The number of rotatable bonds is 8. The Hall–Kier alpha value is -2.52. The smallest absolute Gasteiger partial charge is 0.321 e. The minimum Gasteiger partial charge on any atom is -0.465 e. The van der Waals surface area contributed by atoms with Crippen LogP contribution in [0.1, 0.15) is 25.3 Å². The quantitative estimate of drug-likeness (QED) is 0.297. The fourth-order valence-corrected chi connectivity index (χ4v) is 2.12. The third kappa shape index (κ3) is 4.47. The van der Waals surface area contributed by atoms with Crippen molar-refractivity contribution in [1.82, 2.24) is 9.78 Å². The zero-order valence-electron chi connectivity index (χ0n) is 13.0. The summed E-state index contributed by atoms with van der Waals surface area (Å²) in [6, 6.07) is 0. The Morgan fingerprint density at radius 2 is 1.87 bits per heavy atom. The summed E-state index contributed by atoms with van der Waals surface area (Å²) in [5.74, 6) is -5.88. The van der Waals surface area contributed by atoms with Crippen molar-refractivity contribution in [2.24, 2.45) is 13.0 Å². The average molecular weight is 331 g/mol. The first-order valence-electron chi connectivity index (χ1n) is 6.95. The van der Waals surface area contributed by atoms with Crippen molar-refractivity contribution in [2.75, 3.05) is 19.8 Å². The van der Waals surface area contributed by atoms with E-state index in [2.05, 4.69) is 5.10 Å². The first-order chi connectivity index (χ1) is 10.8. The lowest BCUT2D eigenvalue weighted by Crippen LogP contribution is -2.36. The Morgan fingerprint density at radius 3 is 2.22 bits per heavy atom. The molecule has 0 aliphatic heterocycles. The number of aromatic nitrogens is 2. The van der Waals surface area contributed by atoms with Gasteiger partial charge >= 0.3 is 11.9 Å². The molecule has 0 aliphatic rings. The van der Waals surface area contributed by atoms with Crippen molar-refractivity contribution >= 4 is 11.9 Å². The molecular weight excluding hydrogens is 313 g/mol.